The van der Waals surface area contributed by atoms with Crippen LogP contribution in [0.1, 0.15) is 5.56 Å². The second-order valence-corrected chi connectivity index (χ2v) is 6.97. The predicted molar refractivity (Wildman–Crippen MR) is 108 cm³/mol. The maximum absolute atomic E-state index is 13.4. The van der Waals surface area contributed by atoms with Crippen molar-refractivity contribution in [3.05, 3.63) is 83.4 Å². The van der Waals surface area contributed by atoms with E-state index in [0.29, 0.717) is 27.9 Å². The number of alkyl halides is 3. The van der Waals surface area contributed by atoms with E-state index < -0.39 is 11.7 Å². The van der Waals surface area contributed by atoms with Gasteiger partial charge < -0.3 is 9.30 Å². The molecule has 1 heterocycles. The highest BCUT2D eigenvalue weighted by Crippen LogP contribution is 2.37. The van der Waals surface area contributed by atoms with Crippen molar-refractivity contribution in [1.29, 1.82) is 0 Å². The summed E-state index contributed by atoms with van der Waals surface area (Å²) in [4.78, 5) is 0. The van der Waals surface area contributed by atoms with Gasteiger partial charge in [-0.05, 0) is 54.6 Å². The Morgan fingerprint density at radius 3 is 2.00 bits per heavy atom. The van der Waals surface area contributed by atoms with Gasteiger partial charge in [0.1, 0.15) is 11.5 Å². The van der Waals surface area contributed by atoms with Crippen LogP contribution in [0, 0.1) is 0 Å². The summed E-state index contributed by atoms with van der Waals surface area (Å²) < 4.78 is 47.4. The molecule has 0 fully saturated rings. The Labute approximate surface area is 175 Å². The zero-order valence-corrected chi connectivity index (χ0v) is 16.4. The van der Waals surface area contributed by atoms with Crippen molar-refractivity contribution in [3.63, 3.8) is 0 Å². The van der Waals surface area contributed by atoms with Gasteiger partial charge in [0.05, 0.1) is 5.56 Å². The molecule has 0 spiro atoms. The first-order chi connectivity index (χ1) is 14.3. The number of ether oxygens (including phenoxy) is 1. The highest BCUT2D eigenvalue weighted by Gasteiger charge is 2.34. The van der Waals surface area contributed by atoms with Crippen molar-refractivity contribution >= 4 is 11.6 Å². The molecule has 1 aromatic heterocycles. The molecule has 0 aliphatic rings. The molecule has 4 rings (SSSR count). The molecule has 0 radical (unpaired) electrons. The van der Waals surface area contributed by atoms with Crippen LogP contribution in [0.3, 0.4) is 0 Å². The van der Waals surface area contributed by atoms with Crippen molar-refractivity contribution in [1.82, 2.24) is 14.8 Å². The molecule has 0 saturated carbocycles. The molecule has 0 bridgehead atoms. The van der Waals surface area contributed by atoms with Gasteiger partial charge >= 0.3 is 6.18 Å². The van der Waals surface area contributed by atoms with Gasteiger partial charge in [0.2, 0.25) is 0 Å². The molecule has 0 amide bonds. The molecule has 0 saturated heterocycles. The maximum atomic E-state index is 13.4. The Morgan fingerprint density at radius 1 is 0.800 bits per heavy atom. The highest BCUT2D eigenvalue weighted by atomic mass is 35.5. The van der Waals surface area contributed by atoms with E-state index >= 15 is 0 Å². The highest BCUT2D eigenvalue weighted by molar-refractivity contribution is 6.30. The first-order valence-electron chi connectivity index (χ1n) is 8.93. The van der Waals surface area contributed by atoms with Crippen molar-refractivity contribution in [3.8, 4) is 34.3 Å². The van der Waals surface area contributed by atoms with Crippen LogP contribution >= 0.6 is 11.6 Å². The molecule has 4 aromatic rings. The third-order valence-corrected chi connectivity index (χ3v) is 4.76. The summed E-state index contributed by atoms with van der Waals surface area (Å²) in [6, 6.07) is 19.3. The topological polar surface area (TPSA) is 39.9 Å². The second kappa shape index (κ2) is 7.84. The quantitative estimate of drug-likeness (QED) is 0.366. The van der Waals surface area contributed by atoms with E-state index in [0.717, 1.165) is 6.07 Å². The van der Waals surface area contributed by atoms with Gasteiger partial charge in [0, 0.05) is 23.2 Å². The summed E-state index contributed by atoms with van der Waals surface area (Å²) in [6.07, 6.45) is -4.48. The molecule has 0 unspecified atom stereocenters. The van der Waals surface area contributed by atoms with Gasteiger partial charge in [-0.3, -0.25) is 0 Å². The average molecular weight is 430 g/mol. The standard InChI is InChI=1S/C22H15ClF3N3O/c1-29-20(27-28-21(29)18-4-2-3-5-19(18)22(24,25)26)14-6-10-16(11-7-14)30-17-12-8-15(23)9-13-17/h2-13H,1H3. The molecule has 8 heteroatoms. The van der Waals surface area contributed by atoms with Gasteiger partial charge in [-0.2, -0.15) is 13.2 Å². The first kappa shape index (κ1) is 20.0. The lowest BCUT2D eigenvalue weighted by molar-refractivity contribution is -0.137. The smallest absolute Gasteiger partial charge is 0.417 e. The zero-order chi connectivity index (χ0) is 21.3. The minimum Gasteiger partial charge on any atom is -0.457 e. The first-order valence-corrected chi connectivity index (χ1v) is 9.30. The molecule has 3 aromatic carbocycles. The Bertz CT molecular complexity index is 1170. The minimum atomic E-state index is -4.48. The molecule has 0 atom stereocenters. The zero-order valence-electron chi connectivity index (χ0n) is 15.7. The van der Waals surface area contributed by atoms with Crippen molar-refractivity contribution in [2.75, 3.05) is 0 Å². The van der Waals surface area contributed by atoms with Gasteiger partial charge in [0.25, 0.3) is 0 Å². The van der Waals surface area contributed by atoms with E-state index in [2.05, 4.69) is 10.2 Å². The SMILES string of the molecule is Cn1c(-c2ccc(Oc3ccc(Cl)cc3)cc2)nnc1-c1ccccc1C(F)(F)F. The second-order valence-electron chi connectivity index (χ2n) is 6.53. The van der Waals surface area contributed by atoms with Crippen LogP contribution in [0.15, 0.2) is 72.8 Å². The molecule has 4 nitrogen and oxygen atoms in total. The summed E-state index contributed by atoms with van der Waals surface area (Å²) in [7, 11) is 1.63. The summed E-state index contributed by atoms with van der Waals surface area (Å²) in [5, 5.41) is 8.72. The van der Waals surface area contributed by atoms with Crippen LogP contribution in [0.4, 0.5) is 13.2 Å². The number of halogens is 4. The molecule has 0 N–H and O–H groups in total. The lowest BCUT2D eigenvalue weighted by Crippen LogP contribution is -2.08. The molecular formula is C22H15ClF3N3O. The summed E-state index contributed by atoms with van der Waals surface area (Å²) in [5.41, 5.74) is -0.0723. The fourth-order valence-corrected chi connectivity index (χ4v) is 3.18. The third-order valence-electron chi connectivity index (χ3n) is 4.51. The van der Waals surface area contributed by atoms with Crippen molar-refractivity contribution < 1.29 is 17.9 Å². The van der Waals surface area contributed by atoms with Crippen LogP contribution < -0.4 is 4.74 Å². The van der Waals surface area contributed by atoms with Gasteiger partial charge in [-0.15, -0.1) is 10.2 Å². The van der Waals surface area contributed by atoms with E-state index in [1.165, 1.54) is 12.1 Å². The van der Waals surface area contributed by atoms with E-state index in [1.54, 1.807) is 66.2 Å². The number of nitrogens with zero attached hydrogens (tertiary/aromatic N) is 3. The fraction of sp³-hybridized carbons (Fsp3) is 0.0909. The molecule has 30 heavy (non-hydrogen) atoms. The molecule has 152 valence electrons. The largest absolute Gasteiger partial charge is 0.457 e. The summed E-state index contributed by atoms with van der Waals surface area (Å²) in [6.45, 7) is 0. The molecule has 0 aliphatic heterocycles. The number of hydrogen-bond acceptors (Lipinski definition) is 3. The lowest BCUT2D eigenvalue weighted by atomic mass is 10.1. The molecule has 0 aliphatic carbocycles. The fourth-order valence-electron chi connectivity index (χ4n) is 3.05. The van der Waals surface area contributed by atoms with E-state index in [4.69, 9.17) is 16.3 Å². The number of benzene rings is 3. The minimum absolute atomic E-state index is 0.0195. The van der Waals surface area contributed by atoms with Crippen LogP contribution in [-0.2, 0) is 13.2 Å². The van der Waals surface area contributed by atoms with Gasteiger partial charge in [-0.1, -0.05) is 29.8 Å². The van der Waals surface area contributed by atoms with Gasteiger partial charge in [0.15, 0.2) is 11.6 Å². The van der Waals surface area contributed by atoms with E-state index in [1.807, 2.05) is 0 Å². The van der Waals surface area contributed by atoms with E-state index in [-0.39, 0.29) is 11.4 Å². The summed E-state index contributed by atoms with van der Waals surface area (Å²) in [5.74, 6) is 1.82. The Balaban J connectivity index is 1.62. The van der Waals surface area contributed by atoms with Crippen molar-refractivity contribution in [2.45, 2.75) is 6.18 Å². The number of rotatable bonds is 4. The lowest BCUT2D eigenvalue weighted by Gasteiger charge is -2.12. The summed E-state index contributed by atoms with van der Waals surface area (Å²) >= 11 is 5.87. The Hall–Kier alpha value is -3.32. The van der Waals surface area contributed by atoms with E-state index in [9.17, 15) is 13.2 Å². The van der Waals surface area contributed by atoms with Crippen LogP contribution in [0.2, 0.25) is 5.02 Å². The number of aromatic nitrogens is 3. The third kappa shape index (κ3) is 4.02. The van der Waals surface area contributed by atoms with Crippen molar-refractivity contribution in [2.24, 2.45) is 7.05 Å². The monoisotopic (exact) mass is 429 g/mol. The van der Waals surface area contributed by atoms with Gasteiger partial charge in [-0.25, -0.2) is 0 Å². The van der Waals surface area contributed by atoms with Crippen LogP contribution in [-0.4, -0.2) is 14.8 Å². The Morgan fingerprint density at radius 2 is 1.37 bits per heavy atom. The van der Waals surface area contributed by atoms with Crippen LogP contribution in [0.5, 0.6) is 11.5 Å². The molecular weight excluding hydrogens is 415 g/mol. The maximum Gasteiger partial charge on any atom is 0.417 e. The predicted octanol–water partition coefficient (Wildman–Crippen LogP) is 6.61. The van der Waals surface area contributed by atoms with Crippen LogP contribution in [0.25, 0.3) is 22.8 Å². The Kier molecular flexibility index (Phi) is 5.22. The number of hydrogen-bond donors (Lipinski definition) is 0. The normalized spacial score (nSPS) is 11.5. The average Bonchev–Trinajstić information content (AvgIpc) is 3.11.